The van der Waals surface area contributed by atoms with Gasteiger partial charge in [-0.15, -0.1) is 0 Å². The van der Waals surface area contributed by atoms with Gasteiger partial charge in [-0.25, -0.2) is 0 Å². The molecule has 0 spiro atoms. The van der Waals surface area contributed by atoms with E-state index in [0.29, 0.717) is 12.2 Å². The van der Waals surface area contributed by atoms with Crippen LogP contribution >= 0.6 is 0 Å². The van der Waals surface area contributed by atoms with Gasteiger partial charge in [0.25, 0.3) is 0 Å². The van der Waals surface area contributed by atoms with Crippen molar-refractivity contribution in [2.24, 2.45) is 0 Å². The quantitative estimate of drug-likeness (QED) is 0.687. The molecule has 112 valence electrons. The van der Waals surface area contributed by atoms with Crippen molar-refractivity contribution < 1.29 is 4.74 Å². The van der Waals surface area contributed by atoms with E-state index in [1.165, 1.54) is 0 Å². The number of nitrogens with one attached hydrogen (secondary N) is 2. The lowest BCUT2D eigenvalue weighted by atomic mass is 10.2. The Balaban J connectivity index is 1.61. The molecule has 19 heavy (non-hydrogen) atoms. The molecule has 2 rings (SSSR count). The van der Waals surface area contributed by atoms with E-state index in [4.69, 9.17) is 4.74 Å². The van der Waals surface area contributed by atoms with Crippen LogP contribution in [0.5, 0.6) is 0 Å². The molecule has 0 aromatic carbocycles. The number of nitrogens with zero attached hydrogens (tertiary/aromatic N) is 2. The van der Waals surface area contributed by atoms with Gasteiger partial charge in [0, 0.05) is 65.4 Å². The first-order chi connectivity index (χ1) is 9.24. The summed E-state index contributed by atoms with van der Waals surface area (Å²) in [7, 11) is 0. The summed E-state index contributed by atoms with van der Waals surface area (Å²) < 4.78 is 6.13. The number of ether oxygens (including phenoxy) is 1. The molecule has 2 N–H and O–H groups in total. The minimum absolute atomic E-state index is 0.330. The average molecular weight is 270 g/mol. The average Bonchev–Trinajstić information content (AvgIpc) is 2.40. The molecule has 5 heteroatoms. The Hall–Kier alpha value is -0.200. The summed E-state index contributed by atoms with van der Waals surface area (Å²) in [6, 6.07) is 0. The third-order valence-corrected chi connectivity index (χ3v) is 3.91. The molecule has 0 radical (unpaired) electrons. The SMILES string of the molecule is CC(CN1CCNCC1)OC(C)CN1CCNCC1. The van der Waals surface area contributed by atoms with E-state index in [-0.39, 0.29) is 0 Å². The summed E-state index contributed by atoms with van der Waals surface area (Å²) >= 11 is 0. The van der Waals surface area contributed by atoms with Crippen LogP contribution in [-0.4, -0.2) is 87.5 Å². The molecule has 0 aromatic rings. The predicted octanol–water partition coefficient (Wildman–Crippen LogP) is -0.410. The Morgan fingerprint density at radius 3 is 1.53 bits per heavy atom. The summed E-state index contributed by atoms with van der Waals surface area (Å²) in [5.41, 5.74) is 0. The van der Waals surface area contributed by atoms with Crippen LogP contribution in [0.25, 0.3) is 0 Å². The van der Waals surface area contributed by atoms with Crippen LogP contribution in [0.2, 0.25) is 0 Å². The Bertz CT molecular complexity index is 216. The van der Waals surface area contributed by atoms with Gasteiger partial charge in [0.05, 0.1) is 12.2 Å². The maximum atomic E-state index is 6.13. The molecule has 2 fully saturated rings. The first-order valence-corrected chi connectivity index (χ1v) is 7.75. The molecule has 0 saturated carbocycles. The zero-order valence-corrected chi connectivity index (χ0v) is 12.5. The molecule has 0 aromatic heterocycles. The highest BCUT2D eigenvalue weighted by Gasteiger charge is 2.18. The van der Waals surface area contributed by atoms with Gasteiger partial charge in [-0.2, -0.15) is 0 Å². The van der Waals surface area contributed by atoms with Crippen molar-refractivity contribution in [2.75, 3.05) is 65.4 Å². The van der Waals surface area contributed by atoms with E-state index in [0.717, 1.165) is 65.4 Å². The first kappa shape index (κ1) is 15.2. The van der Waals surface area contributed by atoms with Crippen LogP contribution in [0.4, 0.5) is 0 Å². The van der Waals surface area contributed by atoms with Crippen molar-refractivity contribution in [3.05, 3.63) is 0 Å². The lowest BCUT2D eigenvalue weighted by molar-refractivity contribution is -0.0274. The third kappa shape index (κ3) is 5.75. The van der Waals surface area contributed by atoms with Crippen molar-refractivity contribution in [1.29, 1.82) is 0 Å². The summed E-state index contributed by atoms with van der Waals surface area (Å²) in [5.74, 6) is 0. The van der Waals surface area contributed by atoms with E-state index in [1.807, 2.05) is 0 Å². The number of hydrogen-bond acceptors (Lipinski definition) is 5. The minimum Gasteiger partial charge on any atom is -0.373 e. The maximum Gasteiger partial charge on any atom is 0.0678 e. The number of hydrogen-bond donors (Lipinski definition) is 2. The van der Waals surface area contributed by atoms with Gasteiger partial charge in [0.15, 0.2) is 0 Å². The summed E-state index contributed by atoms with van der Waals surface area (Å²) in [4.78, 5) is 5.00. The lowest BCUT2D eigenvalue weighted by Gasteiger charge is -2.33. The van der Waals surface area contributed by atoms with Crippen molar-refractivity contribution in [3.63, 3.8) is 0 Å². The maximum absolute atomic E-state index is 6.13. The van der Waals surface area contributed by atoms with Crippen LogP contribution in [0, 0.1) is 0 Å². The van der Waals surface area contributed by atoms with Crippen LogP contribution in [-0.2, 0) is 4.74 Å². The highest BCUT2D eigenvalue weighted by Crippen LogP contribution is 2.05. The van der Waals surface area contributed by atoms with Crippen molar-refractivity contribution in [1.82, 2.24) is 20.4 Å². The fourth-order valence-electron chi connectivity index (χ4n) is 3.00. The standard InChI is InChI=1S/C14H30N4O/c1-13(11-17-7-3-15-4-8-17)19-14(2)12-18-9-5-16-6-10-18/h13-16H,3-12H2,1-2H3. The Kier molecular flexibility index (Phi) is 6.53. The Labute approximate surface area is 117 Å². The molecule has 2 saturated heterocycles. The zero-order chi connectivity index (χ0) is 13.5. The van der Waals surface area contributed by atoms with Crippen molar-refractivity contribution >= 4 is 0 Å². The predicted molar refractivity (Wildman–Crippen MR) is 78.6 cm³/mol. The van der Waals surface area contributed by atoms with Crippen molar-refractivity contribution in [3.8, 4) is 0 Å². The molecule has 0 bridgehead atoms. The summed E-state index contributed by atoms with van der Waals surface area (Å²) in [6.07, 6.45) is 0.659. The van der Waals surface area contributed by atoms with Gasteiger partial charge in [-0.05, 0) is 13.8 Å². The van der Waals surface area contributed by atoms with Crippen LogP contribution < -0.4 is 10.6 Å². The van der Waals surface area contributed by atoms with E-state index in [1.54, 1.807) is 0 Å². The second-order valence-corrected chi connectivity index (χ2v) is 5.86. The van der Waals surface area contributed by atoms with Gasteiger partial charge in [0.2, 0.25) is 0 Å². The molecular formula is C14H30N4O. The fourth-order valence-corrected chi connectivity index (χ4v) is 3.00. The lowest BCUT2D eigenvalue weighted by Crippen LogP contribution is -2.48. The van der Waals surface area contributed by atoms with Crippen LogP contribution in [0.3, 0.4) is 0 Å². The second-order valence-electron chi connectivity index (χ2n) is 5.86. The summed E-state index contributed by atoms with van der Waals surface area (Å²) in [6.45, 7) is 15.6. The normalized spacial score (nSPS) is 26.2. The van der Waals surface area contributed by atoms with Gasteiger partial charge in [-0.1, -0.05) is 0 Å². The van der Waals surface area contributed by atoms with Gasteiger partial charge in [-0.3, -0.25) is 9.80 Å². The van der Waals surface area contributed by atoms with Crippen LogP contribution in [0.15, 0.2) is 0 Å². The molecule has 2 aliphatic rings. The molecule has 2 heterocycles. The Morgan fingerprint density at radius 1 is 0.789 bits per heavy atom. The Morgan fingerprint density at radius 2 is 1.16 bits per heavy atom. The highest BCUT2D eigenvalue weighted by atomic mass is 16.5. The second kappa shape index (κ2) is 8.17. The molecular weight excluding hydrogens is 240 g/mol. The monoisotopic (exact) mass is 270 g/mol. The highest BCUT2D eigenvalue weighted by molar-refractivity contribution is 4.73. The third-order valence-electron chi connectivity index (χ3n) is 3.91. The fraction of sp³-hybridized carbons (Fsp3) is 1.00. The number of rotatable bonds is 6. The first-order valence-electron chi connectivity index (χ1n) is 7.75. The van der Waals surface area contributed by atoms with E-state index < -0.39 is 0 Å². The zero-order valence-electron chi connectivity index (χ0n) is 12.5. The topological polar surface area (TPSA) is 39.8 Å². The minimum atomic E-state index is 0.330. The van der Waals surface area contributed by atoms with Crippen LogP contribution in [0.1, 0.15) is 13.8 Å². The molecule has 2 aliphatic heterocycles. The van der Waals surface area contributed by atoms with E-state index in [2.05, 4.69) is 34.3 Å². The molecule has 2 unspecified atom stereocenters. The molecule has 5 nitrogen and oxygen atoms in total. The van der Waals surface area contributed by atoms with E-state index >= 15 is 0 Å². The molecule has 0 aliphatic carbocycles. The largest absolute Gasteiger partial charge is 0.373 e. The number of piperazine rings is 2. The van der Waals surface area contributed by atoms with Gasteiger partial charge in [0.1, 0.15) is 0 Å². The van der Waals surface area contributed by atoms with Gasteiger partial charge >= 0.3 is 0 Å². The smallest absolute Gasteiger partial charge is 0.0678 e. The van der Waals surface area contributed by atoms with Crippen molar-refractivity contribution in [2.45, 2.75) is 26.1 Å². The summed E-state index contributed by atoms with van der Waals surface area (Å²) in [5, 5.41) is 6.78. The molecule has 0 amide bonds. The molecule has 2 atom stereocenters. The van der Waals surface area contributed by atoms with E-state index in [9.17, 15) is 0 Å². The van der Waals surface area contributed by atoms with Gasteiger partial charge < -0.3 is 15.4 Å².